The van der Waals surface area contributed by atoms with E-state index >= 15 is 0 Å². The fraction of sp³-hybridized carbons (Fsp3) is 0.136. The van der Waals surface area contributed by atoms with Crippen LogP contribution in [0.5, 0.6) is 23.0 Å². The average Bonchev–Trinajstić information content (AvgIpc) is 3.11. The zero-order valence-corrected chi connectivity index (χ0v) is 28.7. The summed E-state index contributed by atoms with van der Waals surface area (Å²) in [5.41, 5.74) is 4.19. The lowest BCUT2D eigenvalue weighted by Crippen LogP contribution is -2.31. The highest BCUT2D eigenvalue weighted by Crippen LogP contribution is 2.67. The maximum Gasteiger partial charge on any atom is 0.308 e. The van der Waals surface area contributed by atoms with Crippen LogP contribution < -0.4 is 18.9 Å². The summed E-state index contributed by atoms with van der Waals surface area (Å²) in [5.74, 6) is -2.26. The predicted octanol–water partition coefficient (Wildman–Crippen LogP) is 8.99. The van der Waals surface area contributed by atoms with Crippen LogP contribution in [0, 0.1) is 0 Å². The molecular weight excluding hydrogens is 656 g/mol. The lowest BCUT2D eigenvalue weighted by molar-refractivity contribution is -0.133. The van der Waals surface area contributed by atoms with E-state index < -0.39 is 35.7 Å². The van der Waals surface area contributed by atoms with Gasteiger partial charge in [-0.3, -0.25) is 19.2 Å². The molecule has 7 aromatic carbocycles. The number of fused-ring (bicyclic) bond motifs is 4. The van der Waals surface area contributed by atoms with Gasteiger partial charge in [0.2, 0.25) is 0 Å². The van der Waals surface area contributed by atoms with Crippen LogP contribution in [0.25, 0.3) is 43.1 Å². The smallest absolute Gasteiger partial charge is 0.308 e. The number of esters is 4. The van der Waals surface area contributed by atoms with E-state index in [1.165, 1.54) is 27.7 Å². The van der Waals surface area contributed by atoms with Crippen molar-refractivity contribution in [2.45, 2.75) is 39.5 Å². The number of hydrogen-bond acceptors (Lipinski definition) is 8. The summed E-state index contributed by atoms with van der Waals surface area (Å²) in [5, 5.41) is 5.91. The van der Waals surface area contributed by atoms with E-state index in [0.29, 0.717) is 66.8 Å². The summed E-state index contributed by atoms with van der Waals surface area (Å²) in [7, 11) is 0. The molecule has 3 aliphatic carbocycles. The van der Waals surface area contributed by atoms with Crippen LogP contribution in [0.2, 0.25) is 0 Å². The van der Waals surface area contributed by atoms with Gasteiger partial charge in [-0.2, -0.15) is 0 Å². The zero-order chi connectivity index (χ0) is 36.0. The Morgan fingerprint density at radius 3 is 0.846 bits per heavy atom. The molecule has 7 aromatic rings. The molecule has 0 saturated carbocycles. The first kappa shape index (κ1) is 31.4. The predicted molar refractivity (Wildman–Crippen MR) is 196 cm³/mol. The molecule has 0 spiro atoms. The highest BCUT2D eigenvalue weighted by Gasteiger charge is 2.50. The van der Waals surface area contributed by atoms with Crippen molar-refractivity contribution in [1.82, 2.24) is 0 Å². The van der Waals surface area contributed by atoms with Gasteiger partial charge in [0.25, 0.3) is 0 Å². The summed E-state index contributed by atoms with van der Waals surface area (Å²) >= 11 is 0. The molecule has 0 heterocycles. The fourth-order valence-electron chi connectivity index (χ4n) is 8.41. The SMILES string of the molecule is CC(=O)Oc1c2c(c(OC(C)=O)c3cc4ccccc4cc13)C1c3ccccc3C2c2c1c(OC(C)=O)c1cc3ccccc3cc1c2OC(C)=O. The number of carbonyl (C=O) groups is 4. The van der Waals surface area contributed by atoms with Crippen LogP contribution >= 0.6 is 0 Å². The van der Waals surface area contributed by atoms with Gasteiger partial charge in [-0.15, -0.1) is 0 Å². The molecule has 8 nitrogen and oxygen atoms in total. The van der Waals surface area contributed by atoms with Crippen molar-refractivity contribution in [2.24, 2.45) is 0 Å². The van der Waals surface area contributed by atoms with E-state index in [0.717, 1.165) is 32.7 Å². The third-order valence-electron chi connectivity index (χ3n) is 10.1. The van der Waals surface area contributed by atoms with Crippen LogP contribution in [0.15, 0.2) is 97.1 Å². The Hall–Kier alpha value is -6.54. The van der Waals surface area contributed by atoms with Crippen LogP contribution in [-0.2, 0) is 19.2 Å². The molecule has 0 unspecified atom stereocenters. The second-order valence-electron chi connectivity index (χ2n) is 13.3. The van der Waals surface area contributed by atoms with E-state index in [1.54, 1.807) is 0 Å². The Kier molecular flexibility index (Phi) is 6.95. The van der Waals surface area contributed by atoms with Crippen molar-refractivity contribution in [3.8, 4) is 23.0 Å². The van der Waals surface area contributed by atoms with E-state index in [1.807, 2.05) is 97.1 Å². The van der Waals surface area contributed by atoms with Crippen molar-refractivity contribution in [1.29, 1.82) is 0 Å². The van der Waals surface area contributed by atoms with Crippen molar-refractivity contribution in [3.63, 3.8) is 0 Å². The third-order valence-corrected chi connectivity index (χ3v) is 10.1. The molecule has 0 fully saturated rings. The molecular formula is C44H30O8. The van der Waals surface area contributed by atoms with E-state index in [2.05, 4.69) is 0 Å². The Bertz CT molecular complexity index is 2420. The fourth-order valence-corrected chi connectivity index (χ4v) is 8.41. The van der Waals surface area contributed by atoms with Crippen LogP contribution in [0.3, 0.4) is 0 Å². The summed E-state index contributed by atoms with van der Waals surface area (Å²) in [4.78, 5) is 52.1. The van der Waals surface area contributed by atoms with Crippen LogP contribution in [0.4, 0.5) is 0 Å². The molecule has 2 bridgehead atoms. The van der Waals surface area contributed by atoms with E-state index in [9.17, 15) is 19.2 Å². The lowest BCUT2D eigenvalue weighted by atomic mass is 9.59. The van der Waals surface area contributed by atoms with Crippen LogP contribution in [-0.4, -0.2) is 23.9 Å². The first-order valence-corrected chi connectivity index (χ1v) is 17.0. The number of rotatable bonds is 4. The highest BCUT2D eigenvalue weighted by atomic mass is 16.5. The molecule has 0 atom stereocenters. The summed E-state index contributed by atoms with van der Waals surface area (Å²) in [6.07, 6.45) is 0. The Balaban J connectivity index is 1.54. The topological polar surface area (TPSA) is 105 Å². The molecule has 254 valence electrons. The number of hydrogen-bond donors (Lipinski definition) is 0. The maximum absolute atomic E-state index is 13.0. The molecule has 3 aliphatic rings. The van der Waals surface area contributed by atoms with Crippen LogP contribution in [0.1, 0.15) is 72.9 Å². The van der Waals surface area contributed by atoms with Gasteiger partial charge in [-0.05, 0) is 56.9 Å². The second kappa shape index (κ2) is 11.5. The van der Waals surface area contributed by atoms with Crippen molar-refractivity contribution >= 4 is 67.0 Å². The Morgan fingerprint density at radius 2 is 0.615 bits per heavy atom. The molecule has 0 aliphatic heterocycles. The van der Waals surface area contributed by atoms with Gasteiger partial charge >= 0.3 is 23.9 Å². The third kappa shape index (κ3) is 4.60. The highest BCUT2D eigenvalue weighted by molar-refractivity contribution is 6.10. The maximum atomic E-state index is 13.0. The van der Waals surface area contributed by atoms with Crippen molar-refractivity contribution in [3.05, 3.63) is 130 Å². The number of ether oxygens (including phenoxy) is 4. The average molecular weight is 687 g/mol. The molecule has 0 aromatic heterocycles. The molecule has 52 heavy (non-hydrogen) atoms. The quantitative estimate of drug-likeness (QED) is 0.103. The lowest BCUT2D eigenvalue weighted by Gasteiger charge is -2.44. The van der Waals surface area contributed by atoms with E-state index in [-0.39, 0.29) is 0 Å². The van der Waals surface area contributed by atoms with Crippen molar-refractivity contribution < 1.29 is 38.1 Å². The summed E-state index contributed by atoms with van der Waals surface area (Å²) < 4.78 is 24.8. The van der Waals surface area contributed by atoms with Gasteiger partial charge in [0.15, 0.2) is 0 Å². The Labute approximate surface area is 297 Å². The van der Waals surface area contributed by atoms with Gasteiger partial charge in [-0.1, -0.05) is 72.8 Å². The monoisotopic (exact) mass is 686 g/mol. The standard InChI is InChI=1S/C44H30O8/c1-21(45)49-41-31-17-25-11-5-6-12-26(25)18-32(31)42(50-22(2)46)38-36-30-16-10-9-15-29(30)35(37(38)41)39-40(36)44(52-24(4)48)34-20-28-14-8-7-13-27(28)19-33(34)43(39)51-23(3)47/h5-20,35-36H,1-4H3. The van der Waals surface area contributed by atoms with E-state index in [4.69, 9.17) is 18.9 Å². The Morgan fingerprint density at radius 1 is 0.385 bits per heavy atom. The minimum Gasteiger partial charge on any atom is -0.426 e. The largest absolute Gasteiger partial charge is 0.426 e. The first-order valence-electron chi connectivity index (χ1n) is 17.0. The molecule has 0 N–H and O–H groups in total. The molecule has 8 heteroatoms. The second-order valence-corrected chi connectivity index (χ2v) is 13.3. The number of benzene rings is 7. The van der Waals surface area contributed by atoms with Gasteiger partial charge < -0.3 is 18.9 Å². The van der Waals surface area contributed by atoms with Gasteiger partial charge in [0.05, 0.1) is 0 Å². The minimum atomic E-state index is -0.703. The minimum absolute atomic E-state index is 0.315. The van der Waals surface area contributed by atoms with Gasteiger partial charge in [0, 0.05) is 83.3 Å². The summed E-state index contributed by atoms with van der Waals surface area (Å²) in [6, 6.07) is 31.2. The van der Waals surface area contributed by atoms with Crippen molar-refractivity contribution in [2.75, 3.05) is 0 Å². The molecule has 10 rings (SSSR count). The zero-order valence-electron chi connectivity index (χ0n) is 28.7. The molecule has 0 amide bonds. The van der Waals surface area contributed by atoms with Gasteiger partial charge in [-0.25, -0.2) is 0 Å². The number of carbonyl (C=O) groups excluding carboxylic acids is 4. The molecule has 0 saturated heterocycles. The molecule has 0 radical (unpaired) electrons. The summed E-state index contributed by atoms with van der Waals surface area (Å²) in [6.45, 7) is 5.40. The first-order chi connectivity index (χ1) is 25.1. The normalized spacial score (nSPS) is 15.2. The van der Waals surface area contributed by atoms with Gasteiger partial charge in [0.1, 0.15) is 23.0 Å².